The summed E-state index contributed by atoms with van der Waals surface area (Å²) in [5.41, 5.74) is 3.61. The number of nitrogens with zero attached hydrogens (tertiary/aromatic N) is 3. The highest BCUT2D eigenvalue weighted by Crippen LogP contribution is 2.70. The smallest absolute Gasteiger partial charge is 0.239 e. The molecule has 2 atom stereocenters. The monoisotopic (exact) mass is 484 g/mol. The topological polar surface area (TPSA) is 86.2 Å². The lowest BCUT2D eigenvalue weighted by Crippen LogP contribution is -2.48. The predicted octanol–water partition coefficient (Wildman–Crippen LogP) is 5.45. The summed E-state index contributed by atoms with van der Waals surface area (Å²) in [6.45, 7) is 6.77. The molecule has 3 aliphatic rings. The Labute approximate surface area is 206 Å². The number of rotatable bonds is 3. The number of amides is 1. The highest BCUT2D eigenvalue weighted by molar-refractivity contribution is 7.14. The summed E-state index contributed by atoms with van der Waals surface area (Å²) in [6.07, 6.45) is 1.59. The van der Waals surface area contributed by atoms with E-state index in [4.69, 9.17) is 24.4 Å². The van der Waals surface area contributed by atoms with Crippen molar-refractivity contribution in [3.05, 3.63) is 59.2 Å². The second-order valence-corrected chi connectivity index (χ2v) is 11.2. The van der Waals surface area contributed by atoms with Gasteiger partial charge < -0.3 is 14.8 Å². The van der Waals surface area contributed by atoms with E-state index in [9.17, 15) is 4.79 Å². The van der Waals surface area contributed by atoms with Crippen molar-refractivity contribution >= 4 is 33.4 Å². The van der Waals surface area contributed by atoms with Crippen molar-refractivity contribution in [1.29, 1.82) is 0 Å². The molecule has 1 saturated carbocycles. The number of hydrogen-bond donors (Lipinski definition) is 1. The van der Waals surface area contributed by atoms with Gasteiger partial charge in [-0.3, -0.25) is 4.79 Å². The van der Waals surface area contributed by atoms with Gasteiger partial charge in [0.25, 0.3) is 0 Å². The normalized spacial score (nSPS) is 25.1. The van der Waals surface area contributed by atoms with E-state index in [-0.39, 0.29) is 23.5 Å². The molecule has 1 N–H and O–H groups in total. The van der Waals surface area contributed by atoms with Gasteiger partial charge in [0.2, 0.25) is 12.7 Å². The average Bonchev–Trinajstić information content (AvgIpc) is 3.58. The lowest BCUT2D eigenvalue weighted by Gasteiger charge is -2.39. The molecule has 176 valence electrons. The van der Waals surface area contributed by atoms with E-state index < -0.39 is 5.41 Å². The SMILES string of the molecule is CC12CCC(C(=O)Nc3nc(-c4ccccc4)cs3)(c3nc4cc5c(cc4nc31)OCO5)C2(C)C. The molecular weight excluding hydrogens is 460 g/mol. The van der Waals surface area contributed by atoms with E-state index in [2.05, 4.69) is 26.1 Å². The Morgan fingerprint density at radius 2 is 1.63 bits per heavy atom. The minimum absolute atomic E-state index is 0.0617. The molecule has 0 radical (unpaired) electrons. The lowest BCUT2D eigenvalue weighted by atomic mass is 9.63. The van der Waals surface area contributed by atoms with Crippen LogP contribution >= 0.6 is 11.3 Å². The number of thiazole rings is 1. The minimum Gasteiger partial charge on any atom is -0.454 e. The van der Waals surface area contributed by atoms with E-state index in [1.54, 1.807) is 0 Å². The fourth-order valence-electron chi connectivity index (χ4n) is 6.27. The van der Waals surface area contributed by atoms with Crippen LogP contribution in [0.1, 0.15) is 45.0 Å². The van der Waals surface area contributed by atoms with Gasteiger partial charge in [0.05, 0.1) is 33.5 Å². The summed E-state index contributed by atoms with van der Waals surface area (Å²) in [7, 11) is 0. The summed E-state index contributed by atoms with van der Waals surface area (Å²) in [5, 5.41) is 5.72. The third-order valence-corrected chi connectivity index (χ3v) is 9.47. The molecular formula is C27H24N4O3S. The number of aromatic nitrogens is 3. The zero-order valence-corrected chi connectivity index (χ0v) is 20.5. The first-order valence-corrected chi connectivity index (χ1v) is 12.7. The Hall–Kier alpha value is -3.52. The lowest BCUT2D eigenvalue weighted by molar-refractivity contribution is -0.125. The van der Waals surface area contributed by atoms with Gasteiger partial charge in [-0.1, -0.05) is 51.1 Å². The Balaban J connectivity index is 1.33. The zero-order valence-electron chi connectivity index (χ0n) is 19.7. The van der Waals surface area contributed by atoms with E-state index in [0.29, 0.717) is 22.1 Å². The maximum Gasteiger partial charge on any atom is 0.239 e. The molecule has 3 heterocycles. The van der Waals surface area contributed by atoms with Crippen molar-refractivity contribution < 1.29 is 14.3 Å². The van der Waals surface area contributed by atoms with Gasteiger partial charge in [-0.15, -0.1) is 11.3 Å². The van der Waals surface area contributed by atoms with Crippen LogP contribution in [0.5, 0.6) is 11.5 Å². The Morgan fingerprint density at radius 3 is 2.34 bits per heavy atom. The van der Waals surface area contributed by atoms with E-state index in [1.807, 2.05) is 47.8 Å². The Bertz CT molecular complexity index is 1530. The average molecular weight is 485 g/mol. The van der Waals surface area contributed by atoms with Crippen molar-refractivity contribution in [1.82, 2.24) is 15.0 Å². The molecule has 2 aromatic carbocycles. The molecule has 8 heteroatoms. The number of carbonyl (C=O) groups excluding carboxylic acids is 1. The molecule has 2 aromatic heterocycles. The highest BCUT2D eigenvalue weighted by atomic mass is 32.1. The van der Waals surface area contributed by atoms with Crippen molar-refractivity contribution in [3.63, 3.8) is 0 Å². The summed E-state index contributed by atoms with van der Waals surface area (Å²) in [5.74, 6) is 1.29. The fraction of sp³-hybridized carbons (Fsp3) is 0.333. The minimum atomic E-state index is -0.798. The molecule has 0 spiro atoms. The number of nitrogens with one attached hydrogen (secondary N) is 1. The molecule has 2 bridgehead atoms. The van der Waals surface area contributed by atoms with Crippen LogP contribution in [0.3, 0.4) is 0 Å². The second kappa shape index (κ2) is 6.79. The van der Waals surface area contributed by atoms with Crippen LogP contribution in [-0.4, -0.2) is 27.7 Å². The van der Waals surface area contributed by atoms with Crippen LogP contribution in [0.2, 0.25) is 0 Å². The van der Waals surface area contributed by atoms with E-state index in [1.165, 1.54) is 11.3 Å². The maximum absolute atomic E-state index is 14.1. The molecule has 1 fully saturated rings. The summed E-state index contributed by atoms with van der Waals surface area (Å²) in [6, 6.07) is 13.7. The second-order valence-electron chi connectivity index (χ2n) is 10.3. The number of benzene rings is 2. The molecule has 1 aliphatic heterocycles. The number of carbonyl (C=O) groups is 1. The third kappa shape index (κ3) is 2.55. The maximum atomic E-state index is 14.1. The van der Waals surface area contributed by atoms with Crippen LogP contribution in [0.4, 0.5) is 5.13 Å². The number of hydrogen-bond acceptors (Lipinski definition) is 7. The van der Waals surface area contributed by atoms with E-state index >= 15 is 0 Å². The van der Waals surface area contributed by atoms with Gasteiger partial charge in [0.1, 0.15) is 0 Å². The number of fused-ring (bicyclic) bond motifs is 7. The van der Waals surface area contributed by atoms with Crippen LogP contribution in [0.25, 0.3) is 22.3 Å². The summed E-state index contributed by atoms with van der Waals surface area (Å²) >= 11 is 1.44. The first kappa shape index (κ1) is 20.8. The molecule has 1 amide bonds. The van der Waals surface area contributed by atoms with Gasteiger partial charge in [-0.2, -0.15) is 0 Å². The van der Waals surface area contributed by atoms with Crippen molar-refractivity contribution in [2.75, 3.05) is 12.1 Å². The molecule has 7 nitrogen and oxygen atoms in total. The first-order chi connectivity index (χ1) is 16.8. The Morgan fingerprint density at radius 1 is 0.943 bits per heavy atom. The van der Waals surface area contributed by atoms with Gasteiger partial charge in [-0.25, -0.2) is 15.0 Å². The molecule has 2 aliphatic carbocycles. The fourth-order valence-corrected chi connectivity index (χ4v) is 6.99. The molecule has 0 saturated heterocycles. The Kier molecular flexibility index (Phi) is 4.04. The number of anilines is 1. The predicted molar refractivity (Wildman–Crippen MR) is 134 cm³/mol. The zero-order chi connectivity index (χ0) is 24.0. The van der Waals surface area contributed by atoms with Crippen LogP contribution in [0.15, 0.2) is 47.8 Å². The highest BCUT2D eigenvalue weighted by Gasteiger charge is 2.73. The third-order valence-electron chi connectivity index (χ3n) is 8.71. The molecule has 4 aromatic rings. The van der Waals surface area contributed by atoms with Crippen molar-refractivity contribution in [2.45, 2.75) is 44.4 Å². The molecule has 2 unspecified atom stereocenters. The summed E-state index contributed by atoms with van der Waals surface area (Å²) in [4.78, 5) is 29.0. The number of ether oxygens (including phenoxy) is 2. The van der Waals surface area contributed by atoms with Crippen molar-refractivity contribution in [3.8, 4) is 22.8 Å². The van der Waals surface area contributed by atoms with Crippen LogP contribution < -0.4 is 14.8 Å². The molecule has 35 heavy (non-hydrogen) atoms. The van der Waals surface area contributed by atoms with Gasteiger partial charge in [0.15, 0.2) is 16.6 Å². The largest absolute Gasteiger partial charge is 0.454 e. The van der Waals surface area contributed by atoms with Crippen molar-refractivity contribution in [2.24, 2.45) is 5.41 Å². The standard InChI is InChI=1S/C27H24N4O3S/c1-25(2)26(3)9-10-27(25,23(32)31-24-30-18(13-35-24)15-7-5-4-6-8-15)22-21(26)28-16-11-19-20(34-14-33-19)12-17(16)29-22/h4-8,11-13H,9-10,14H2,1-3H3,(H,30,31,32). The van der Waals surface area contributed by atoms with Gasteiger partial charge in [-0.05, 0) is 18.3 Å². The quantitative estimate of drug-likeness (QED) is 0.416. The van der Waals surface area contributed by atoms with Crippen LogP contribution in [0, 0.1) is 5.41 Å². The van der Waals surface area contributed by atoms with Gasteiger partial charge >= 0.3 is 0 Å². The van der Waals surface area contributed by atoms with E-state index in [0.717, 1.165) is 41.0 Å². The molecule has 7 rings (SSSR count). The van der Waals surface area contributed by atoms with Crippen LogP contribution in [-0.2, 0) is 15.6 Å². The first-order valence-electron chi connectivity index (χ1n) is 11.8. The summed E-state index contributed by atoms with van der Waals surface area (Å²) < 4.78 is 11.1. The van der Waals surface area contributed by atoms with Gasteiger partial charge in [0, 0.05) is 28.5 Å².